The third-order valence-corrected chi connectivity index (χ3v) is 12.8. The summed E-state index contributed by atoms with van der Waals surface area (Å²) < 4.78 is 4.79. The number of hydrogen-bond donors (Lipinski definition) is 0. The van der Waals surface area contributed by atoms with Crippen LogP contribution in [-0.4, -0.2) is 14.1 Å². The third-order valence-electron chi connectivity index (χ3n) is 12.8. The van der Waals surface area contributed by atoms with Gasteiger partial charge in [-0.15, -0.1) is 0 Å². The molecule has 2 aromatic heterocycles. The zero-order valence-corrected chi connectivity index (χ0v) is 31.2. The van der Waals surface area contributed by atoms with Crippen molar-refractivity contribution in [1.29, 1.82) is 0 Å². The maximum atomic E-state index is 5.15. The Morgan fingerprint density at radius 2 is 1.02 bits per heavy atom. The van der Waals surface area contributed by atoms with E-state index in [-0.39, 0.29) is 5.41 Å². The van der Waals surface area contributed by atoms with Crippen LogP contribution >= 0.6 is 0 Å². The van der Waals surface area contributed by atoms with Crippen LogP contribution in [0.4, 0.5) is 0 Å². The van der Waals surface area contributed by atoms with E-state index in [4.69, 9.17) is 4.98 Å². The van der Waals surface area contributed by atoms with Gasteiger partial charge in [-0.1, -0.05) is 159 Å². The summed E-state index contributed by atoms with van der Waals surface area (Å²) in [5.74, 6) is 0.939. The zero-order chi connectivity index (χ0) is 37.2. The molecule has 264 valence electrons. The van der Waals surface area contributed by atoms with E-state index in [0.29, 0.717) is 0 Å². The molecule has 0 saturated heterocycles. The number of benzene rings is 8. The van der Waals surface area contributed by atoms with Crippen molar-refractivity contribution in [1.82, 2.24) is 14.1 Å². The first-order valence-electron chi connectivity index (χ1n) is 19.6. The molecule has 3 heterocycles. The average Bonchev–Trinajstić information content (AvgIpc) is 3.81. The molecule has 1 atom stereocenters. The van der Waals surface area contributed by atoms with Crippen LogP contribution in [0, 0.1) is 0 Å². The molecular formula is C53H37N3. The molecule has 0 amide bonds. The average molecular weight is 716 g/mol. The van der Waals surface area contributed by atoms with Crippen LogP contribution in [0.15, 0.2) is 188 Å². The molecule has 0 saturated carbocycles. The van der Waals surface area contributed by atoms with Crippen LogP contribution in [0.3, 0.4) is 0 Å². The Kier molecular flexibility index (Phi) is 6.32. The molecule has 56 heavy (non-hydrogen) atoms. The lowest BCUT2D eigenvalue weighted by atomic mass is 9.53. The Labute approximate surface area is 325 Å². The van der Waals surface area contributed by atoms with Crippen molar-refractivity contribution in [2.45, 2.75) is 24.7 Å². The highest BCUT2D eigenvalue weighted by atomic mass is 15.1. The van der Waals surface area contributed by atoms with Crippen molar-refractivity contribution < 1.29 is 0 Å². The van der Waals surface area contributed by atoms with E-state index in [1.807, 2.05) is 0 Å². The maximum absolute atomic E-state index is 5.15. The van der Waals surface area contributed by atoms with Gasteiger partial charge in [-0.3, -0.25) is 4.57 Å². The summed E-state index contributed by atoms with van der Waals surface area (Å²) >= 11 is 0. The van der Waals surface area contributed by atoms with Gasteiger partial charge in [0.25, 0.3) is 0 Å². The number of para-hydroxylation sites is 6. The highest BCUT2D eigenvalue weighted by Gasteiger charge is 2.52. The first kappa shape index (κ1) is 31.4. The summed E-state index contributed by atoms with van der Waals surface area (Å²) in [5, 5.41) is 2.58. The predicted octanol–water partition coefficient (Wildman–Crippen LogP) is 12.8. The molecule has 1 unspecified atom stereocenters. The molecule has 1 spiro atoms. The smallest absolute Gasteiger partial charge is 0.145 e. The summed E-state index contributed by atoms with van der Waals surface area (Å²) in [7, 11) is 0. The topological polar surface area (TPSA) is 22.8 Å². The van der Waals surface area contributed by atoms with Gasteiger partial charge in [-0.25, -0.2) is 4.98 Å². The lowest BCUT2D eigenvalue weighted by Gasteiger charge is -2.50. The molecule has 10 aromatic rings. The van der Waals surface area contributed by atoms with E-state index in [1.165, 1.54) is 72.0 Å². The SMILES string of the molecule is CC1(C)c2ccccc2C2(c3ccccc3-n3c4ccccc4c4cccc2c43)c2cc(-c3ccc(-c4nc5ccccc5n4-c4ccccc4)cc3)ccc21. The monoisotopic (exact) mass is 715 g/mol. The highest BCUT2D eigenvalue weighted by molar-refractivity contribution is 6.12. The molecule has 0 N–H and O–H groups in total. The van der Waals surface area contributed by atoms with Crippen LogP contribution in [0.5, 0.6) is 0 Å². The second kappa shape index (κ2) is 11.3. The molecule has 3 nitrogen and oxygen atoms in total. The summed E-state index contributed by atoms with van der Waals surface area (Å²) in [6, 6.07) is 69.4. The van der Waals surface area contributed by atoms with Crippen molar-refractivity contribution in [3.05, 3.63) is 221 Å². The molecule has 1 aliphatic carbocycles. The lowest BCUT2D eigenvalue weighted by molar-refractivity contribution is 0.556. The van der Waals surface area contributed by atoms with Crippen LogP contribution < -0.4 is 0 Å². The molecule has 3 heteroatoms. The van der Waals surface area contributed by atoms with Gasteiger partial charge in [0.2, 0.25) is 0 Å². The fourth-order valence-electron chi connectivity index (χ4n) is 10.4. The van der Waals surface area contributed by atoms with Crippen molar-refractivity contribution in [3.63, 3.8) is 0 Å². The van der Waals surface area contributed by atoms with E-state index in [1.54, 1.807) is 0 Å². The van der Waals surface area contributed by atoms with E-state index in [9.17, 15) is 0 Å². The third kappa shape index (κ3) is 3.99. The van der Waals surface area contributed by atoms with E-state index in [2.05, 4.69) is 211 Å². The fourth-order valence-corrected chi connectivity index (χ4v) is 10.4. The van der Waals surface area contributed by atoms with Crippen molar-refractivity contribution in [2.24, 2.45) is 0 Å². The Morgan fingerprint density at radius 3 is 1.86 bits per heavy atom. The molecule has 0 fully saturated rings. The predicted molar refractivity (Wildman–Crippen MR) is 230 cm³/mol. The Morgan fingerprint density at radius 1 is 0.411 bits per heavy atom. The van der Waals surface area contributed by atoms with Crippen LogP contribution in [0.2, 0.25) is 0 Å². The van der Waals surface area contributed by atoms with Gasteiger partial charge in [0.05, 0.1) is 33.2 Å². The maximum Gasteiger partial charge on any atom is 0.145 e. The van der Waals surface area contributed by atoms with E-state index >= 15 is 0 Å². The second-order valence-corrected chi connectivity index (χ2v) is 15.9. The highest BCUT2D eigenvalue weighted by Crippen LogP contribution is 2.60. The summed E-state index contributed by atoms with van der Waals surface area (Å²) in [4.78, 5) is 5.15. The first-order chi connectivity index (χ1) is 27.5. The summed E-state index contributed by atoms with van der Waals surface area (Å²) in [6.07, 6.45) is 0. The minimum atomic E-state index is -0.529. The van der Waals surface area contributed by atoms with Gasteiger partial charge in [0, 0.05) is 27.4 Å². The zero-order valence-electron chi connectivity index (χ0n) is 31.2. The number of imidazole rings is 1. The first-order valence-corrected chi connectivity index (χ1v) is 19.6. The van der Waals surface area contributed by atoms with Crippen molar-refractivity contribution >= 4 is 32.8 Å². The fraction of sp³-hybridized carbons (Fsp3) is 0.0755. The van der Waals surface area contributed by atoms with E-state index in [0.717, 1.165) is 28.1 Å². The van der Waals surface area contributed by atoms with E-state index < -0.39 is 5.41 Å². The second-order valence-electron chi connectivity index (χ2n) is 15.9. The minimum absolute atomic E-state index is 0.205. The number of aromatic nitrogens is 3. The molecule has 8 aromatic carbocycles. The largest absolute Gasteiger partial charge is 0.309 e. The Balaban J connectivity index is 1.11. The van der Waals surface area contributed by atoms with Crippen LogP contribution in [0.25, 0.3) is 66.7 Å². The summed E-state index contributed by atoms with van der Waals surface area (Å²) in [6.45, 7) is 4.80. The Hall–Kier alpha value is -6.97. The molecule has 0 bridgehead atoms. The normalized spacial score (nSPS) is 16.2. The van der Waals surface area contributed by atoms with Gasteiger partial charge in [0.15, 0.2) is 0 Å². The summed E-state index contributed by atoms with van der Waals surface area (Å²) in [5.41, 5.74) is 17.8. The van der Waals surface area contributed by atoms with Crippen molar-refractivity contribution in [3.8, 4) is 33.9 Å². The van der Waals surface area contributed by atoms with Gasteiger partial charge < -0.3 is 4.57 Å². The standard InChI is InChI=1S/C53H37N3/c1-52(2)40-19-7-8-20-42(40)53(43-21-9-12-25-48(43)56-47-24-11-6-17-38(47)39-18-14-22-44(53)50(39)56)45-33-36(31-32-41(45)52)34-27-29-35(30-28-34)51-54-46-23-10-13-26-49(46)55(51)37-15-4-3-5-16-37/h3-33H,1-2H3. The van der Waals surface area contributed by atoms with Crippen molar-refractivity contribution in [2.75, 3.05) is 0 Å². The Bertz CT molecular complexity index is 3220. The van der Waals surface area contributed by atoms with Gasteiger partial charge in [-0.2, -0.15) is 0 Å². The molecule has 2 aliphatic rings. The number of fused-ring (bicyclic) bond motifs is 12. The number of hydrogen-bond acceptors (Lipinski definition) is 1. The minimum Gasteiger partial charge on any atom is -0.309 e. The number of nitrogens with zero attached hydrogens (tertiary/aromatic N) is 3. The molecular weight excluding hydrogens is 679 g/mol. The molecule has 12 rings (SSSR count). The molecule has 0 radical (unpaired) electrons. The number of rotatable bonds is 3. The van der Waals surface area contributed by atoms with Gasteiger partial charge in [0.1, 0.15) is 5.82 Å². The molecule has 1 aliphatic heterocycles. The van der Waals surface area contributed by atoms with Gasteiger partial charge >= 0.3 is 0 Å². The van der Waals surface area contributed by atoms with Gasteiger partial charge in [-0.05, 0) is 87.0 Å². The van der Waals surface area contributed by atoms with Crippen LogP contribution in [-0.2, 0) is 10.8 Å². The quantitative estimate of drug-likeness (QED) is 0.179. The van der Waals surface area contributed by atoms with Crippen LogP contribution in [0.1, 0.15) is 47.2 Å². The lowest BCUT2D eigenvalue weighted by Crippen LogP contribution is -2.44.